The van der Waals surface area contributed by atoms with Gasteiger partial charge < -0.3 is 5.11 Å². The number of benzene rings is 1. The van der Waals surface area contributed by atoms with Crippen LogP contribution in [0.5, 0.6) is 0 Å². The highest BCUT2D eigenvalue weighted by atomic mass is 35.5. The maximum Gasteiger partial charge on any atom is 0.310 e. The molecule has 2 nitrogen and oxygen atoms in total. The van der Waals surface area contributed by atoms with Crippen molar-refractivity contribution in [2.75, 3.05) is 0 Å². The van der Waals surface area contributed by atoms with Crippen LogP contribution in [0.25, 0.3) is 0 Å². The van der Waals surface area contributed by atoms with E-state index in [-0.39, 0.29) is 5.92 Å². The van der Waals surface area contributed by atoms with E-state index in [0.29, 0.717) is 5.02 Å². The molecule has 0 amide bonds. The summed E-state index contributed by atoms with van der Waals surface area (Å²) < 4.78 is -1.19. The van der Waals surface area contributed by atoms with Crippen LogP contribution >= 0.6 is 34.8 Å². The number of hydrogen-bond acceptors (Lipinski definition) is 1. The Kier molecular flexibility index (Phi) is 2.61. The summed E-state index contributed by atoms with van der Waals surface area (Å²) in [4.78, 5) is 10.8. The third-order valence-corrected chi connectivity index (χ3v) is 3.74. The Morgan fingerprint density at radius 3 is 2.20 bits per heavy atom. The Hall–Kier alpha value is -0.440. The van der Waals surface area contributed by atoms with Crippen LogP contribution in [0.4, 0.5) is 0 Å². The fourth-order valence-corrected chi connectivity index (χ4v) is 2.66. The van der Waals surface area contributed by atoms with Crippen LogP contribution in [-0.4, -0.2) is 15.4 Å². The zero-order valence-corrected chi connectivity index (χ0v) is 9.72. The van der Waals surface area contributed by atoms with Gasteiger partial charge in [0.1, 0.15) is 4.33 Å². The standard InChI is InChI=1S/C10H7Cl3O2/c11-6-3-1-5(2-4-6)7-8(9(14)15)10(7,12)13/h1-4,7-8H,(H,14,15)/t7-,8+/m0/s1. The molecule has 1 fully saturated rings. The molecule has 0 spiro atoms. The van der Waals surface area contributed by atoms with Crippen molar-refractivity contribution < 1.29 is 9.90 Å². The van der Waals surface area contributed by atoms with Crippen LogP contribution < -0.4 is 0 Å². The summed E-state index contributed by atoms with van der Waals surface area (Å²) in [6.07, 6.45) is 0. The predicted molar refractivity (Wildman–Crippen MR) is 59.8 cm³/mol. The summed E-state index contributed by atoms with van der Waals surface area (Å²) in [5, 5.41) is 9.48. The second-order valence-electron chi connectivity index (χ2n) is 3.52. The topological polar surface area (TPSA) is 37.3 Å². The maximum atomic E-state index is 10.8. The van der Waals surface area contributed by atoms with E-state index in [1.54, 1.807) is 24.3 Å². The number of carbonyl (C=O) groups is 1. The number of hydrogen-bond donors (Lipinski definition) is 1. The summed E-state index contributed by atoms with van der Waals surface area (Å²) in [5.74, 6) is -2.06. The van der Waals surface area contributed by atoms with Crippen molar-refractivity contribution in [2.24, 2.45) is 5.92 Å². The van der Waals surface area contributed by atoms with Gasteiger partial charge in [0.15, 0.2) is 0 Å². The molecule has 0 aliphatic heterocycles. The van der Waals surface area contributed by atoms with Crippen LogP contribution in [0.15, 0.2) is 24.3 Å². The minimum Gasteiger partial charge on any atom is -0.481 e. The molecule has 0 heterocycles. The lowest BCUT2D eigenvalue weighted by Gasteiger charge is -1.99. The SMILES string of the molecule is O=C(O)[C@H]1[C@H](c2ccc(Cl)cc2)C1(Cl)Cl. The molecule has 0 unspecified atom stereocenters. The van der Waals surface area contributed by atoms with Gasteiger partial charge in [-0.2, -0.15) is 0 Å². The normalized spacial score (nSPS) is 27.4. The fraction of sp³-hybridized carbons (Fsp3) is 0.300. The average Bonchev–Trinajstić information content (AvgIpc) is 2.70. The molecule has 0 saturated heterocycles. The lowest BCUT2D eigenvalue weighted by molar-refractivity contribution is -0.138. The first-order chi connectivity index (χ1) is 6.94. The van der Waals surface area contributed by atoms with Gasteiger partial charge in [-0.1, -0.05) is 46.9 Å². The highest BCUT2D eigenvalue weighted by Crippen LogP contribution is 2.64. The van der Waals surface area contributed by atoms with Crippen molar-refractivity contribution in [2.45, 2.75) is 10.3 Å². The lowest BCUT2D eigenvalue weighted by Crippen LogP contribution is -2.03. The van der Waals surface area contributed by atoms with Gasteiger partial charge in [-0.25, -0.2) is 0 Å². The largest absolute Gasteiger partial charge is 0.481 e. The molecule has 1 saturated carbocycles. The number of rotatable bonds is 2. The van der Waals surface area contributed by atoms with Crippen LogP contribution in [0.1, 0.15) is 11.5 Å². The zero-order valence-electron chi connectivity index (χ0n) is 7.45. The van der Waals surface area contributed by atoms with Crippen molar-refractivity contribution in [3.8, 4) is 0 Å². The third-order valence-electron chi connectivity index (χ3n) is 2.55. The zero-order chi connectivity index (χ0) is 11.2. The van der Waals surface area contributed by atoms with Gasteiger partial charge in [0.25, 0.3) is 0 Å². The second kappa shape index (κ2) is 3.55. The maximum absolute atomic E-state index is 10.8. The van der Waals surface area contributed by atoms with Gasteiger partial charge in [0, 0.05) is 10.9 Å². The van der Waals surface area contributed by atoms with E-state index in [9.17, 15) is 4.79 Å². The van der Waals surface area contributed by atoms with Crippen molar-refractivity contribution in [1.29, 1.82) is 0 Å². The number of halogens is 3. The molecule has 2 atom stereocenters. The van der Waals surface area contributed by atoms with E-state index in [0.717, 1.165) is 5.56 Å². The van der Waals surface area contributed by atoms with Crippen molar-refractivity contribution in [1.82, 2.24) is 0 Å². The first kappa shape index (κ1) is 11.1. The molecule has 1 N–H and O–H groups in total. The first-order valence-corrected chi connectivity index (χ1v) is 5.44. The quantitative estimate of drug-likeness (QED) is 0.833. The van der Waals surface area contributed by atoms with E-state index in [1.165, 1.54) is 0 Å². The molecule has 5 heteroatoms. The molecule has 1 aliphatic rings. The summed E-state index contributed by atoms with van der Waals surface area (Å²) in [6.45, 7) is 0. The number of carboxylic acids is 1. The number of aliphatic carboxylic acids is 1. The summed E-state index contributed by atoms with van der Waals surface area (Å²) in [7, 11) is 0. The van der Waals surface area contributed by atoms with Crippen LogP contribution in [-0.2, 0) is 4.79 Å². The van der Waals surface area contributed by atoms with Crippen LogP contribution in [0.3, 0.4) is 0 Å². The van der Waals surface area contributed by atoms with E-state index in [4.69, 9.17) is 39.9 Å². The van der Waals surface area contributed by atoms with Gasteiger partial charge in [0.2, 0.25) is 0 Å². The Morgan fingerprint density at radius 1 is 1.27 bits per heavy atom. The molecule has 0 radical (unpaired) electrons. The molecular weight excluding hydrogens is 258 g/mol. The van der Waals surface area contributed by atoms with E-state index in [1.807, 2.05) is 0 Å². The van der Waals surface area contributed by atoms with E-state index < -0.39 is 16.2 Å². The molecule has 1 aromatic rings. The number of carboxylic acid groups (broad SMARTS) is 1. The Balaban J connectivity index is 2.27. The highest BCUT2D eigenvalue weighted by Gasteiger charge is 2.68. The predicted octanol–water partition coefficient (Wildman–Crippen LogP) is 3.31. The monoisotopic (exact) mass is 264 g/mol. The second-order valence-corrected chi connectivity index (χ2v) is 5.40. The summed E-state index contributed by atoms with van der Waals surface area (Å²) >= 11 is 17.5. The van der Waals surface area contributed by atoms with Crippen molar-refractivity contribution in [3.63, 3.8) is 0 Å². The third kappa shape index (κ3) is 1.82. The molecule has 1 aliphatic carbocycles. The molecule has 0 bridgehead atoms. The van der Waals surface area contributed by atoms with Gasteiger partial charge >= 0.3 is 5.97 Å². The minimum absolute atomic E-state index is 0.351. The summed E-state index contributed by atoms with van der Waals surface area (Å²) in [6, 6.07) is 6.88. The Morgan fingerprint density at radius 2 is 1.80 bits per heavy atom. The molecular formula is C10H7Cl3O2. The molecule has 15 heavy (non-hydrogen) atoms. The Labute approximate surface area is 102 Å². The summed E-state index contributed by atoms with van der Waals surface area (Å²) in [5.41, 5.74) is 0.803. The van der Waals surface area contributed by atoms with Gasteiger partial charge in [-0.3, -0.25) is 4.79 Å². The van der Waals surface area contributed by atoms with Crippen LogP contribution in [0, 0.1) is 5.92 Å². The van der Waals surface area contributed by atoms with Gasteiger partial charge in [0.05, 0.1) is 5.92 Å². The molecule has 1 aromatic carbocycles. The highest BCUT2D eigenvalue weighted by molar-refractivity contribution is 6.53. The van der Waals surface area contributed by atoms with Crippen molar-refractivity contribution in [3.05, 3.63) is 34.9 Å². The van der Waals surface area contributed by atoms with Gasteiger partial charge in [-0.05, 0) is 17.7 Å². The number of alkyl halides is 2. The fourth-order valence-electron chi connectivity index (χ4n) is 1.72. The molecule has 0 aromatic heterocycles. The van der Waals surface area contributed by atoms with E-state index >= 15 is 0 Å². The van der Waals surface area contributed by atoms with E-state index in [2.05, 4.69) is 0 Å². The van der Waals surface area contributed by atoms with Crippen molar-refractivity contribution >= 4 is 40.8 Å². The minimum atomic E-state index is -1.19. The first-order valence-electron chi connectivity index (χ1n) is 4.30. The van der Waals surface area contributed by atoms with Crippen LogP contribution in [0.2, 0.25) is 5.02 Å². The molecule has 80 valence electrons. The molecule has 2 rings (SSSR count). The Bertz CT molecular complexity index is 400. The lowest BCUT2D eigenvalue weighted by atomic mass is 10.1. The van der Waals surface area contributed by atoms with Gasteiger partial charge in [-0.15, -0.1) is 0 Å². The average molecular weight is 266 g/mol. The smallest absolute Gasteiger partial charge is 0.310 e.